The number of phenolic OH excluding ortho intramolecular Hbond substituents is 1. The molecular formula is C30H38FN3O2. The molecule has 3 rings (SSSR count). The van der Waals surface area contributed by atoms with Gasteiger partial charge in [-0.05, 0) is 78.3 Å². The molecule has 3 aromatic rings. The van der Waals surface area contributed by atoms with Crippen molar-refractivity contribution in [1.82, 2.24) is 10.7 Å². The first-order valence-electron chi connectivity index (χ1n) is 12.3. The van der Waals surface area contributed by atoms with Gasteiger partial charge in [0.1, 0.15) is 11.6 Å². The molecule has 0 fully saturated rings. The molecule has 0 aliphatic carbocycles. The molecular weight excluding hydrogens is 453 g/mol. The summed E-state index contributed by atoms with van der Waals surface area (Å²) in [5.74, 6) is 0.160. The number of rotatable bonds is 8. The minimum absolute atomic E-state index is 0.179. The molecule has 0 saturated heterocycles. The first-order valence-corrected chi connectivity index (χ1v) is 12.3. The van der Waals surface area contributed by atoms with Crippen LogP contribution >= 0.6 is 0 Å². The van der Waals surface area contributed by atoms with Gasteiger partial charge in [-0.25, -0.2) is 9.82 Å². The largest absolute Gasteiger partial charge is 0.508 e. The number of hydrogen-bond donors (Lipinski definition) is 3. The van der Waals surface area contributed by atoms with Crippen molar-refractivity contribution in [2.45, 2.75) is 67.0 Å². The lowest BCUT2D eigenvalue weighted by atomic mass is 9.95. The summed E-state index contributed by atoms with van der Waals surface area (Å²) in [4.78, 5) is 10.8. The van der Waals surface area contributed by atoms with Crippen LogP contribution < -0.4 is 10.7 Å². The van der Waals surface area contributed by atoms with Crippen LogP contribution in [0.5, 0.6) is 5.75 Å². The molecule has 3 aromatic carbocycles. The molecule has 5 nitrogen and oxygen atoms in total. The third-order valence-corrected chi connectivity index (χ3v) is 5.75. The number of nitrogens with one attached hydrogen (secondary N) is 2. The molecule has 0 aliphatic heterocycles. The van der Waals surface area contributed by atoms with Crippen LogP contribution in [-0.2, 0) is 24.3 Å². The molecule has 3 N–H and O–H groups in total. The number of phenols is 1. The maximum Gasteiger partial charge on any atom is 0.236 e. The summed E-state index contributed by atoms with van der Waals surface area (Å²) >= 11 is 0. The van der Waals surface area contributed by atoms with Crippen LogP contribution in [0.3, 0.4) is 0 Å². The maximum atomic E-state index is 13.0. The van der Waals surface area contributed by atoms with Crippen LogP contribution in [0, 0.1) is 12.7 Å². The summed E-state index contributed by atoms with van der Waals surface area (Å²) in [6, 6.07) is 18.9. The standard InChI is InChI=1S/C16H18FN.C14H20N2O2/c1-2-13-6-8-14(9-7-13)11-18-12-15-4-3-5-16(17)10-15;1-8(2)12-7-13(9(3)6-14(12)18)10(4)15-16-11(5)17/h3-10,18H,2,11-12H2,1H3;6-8,18H,1-5H3,(H,16,17)/b;15-10+. The number of hydrogen-bond acceptors (Lipinski definition) is 4. The van der Waals surface area contributed by atoms with Gasteiger partial charge in [-0.15, -0.1) is 0 Å². The summed E-state index contributed by atoms with van der Waals surface area (Å²) in [5, 5.41) is 17.2. The van der Waals surface area contributed by atoms with E-state index in [1.165, 1.54) is 24.1 Å². The molecule has 6 heteroatoms. The zero-order valence-electron chi connectivity index (χ0n) is 22.2. The quantitative estimate of drug-likeness (QED) is 0.253. The van der Waals surface area contributed by atoms with Crippen LogP contribution in [0.1, 0.15) is 73.9 Å². The highest BCUT2D eigenvalue weighted by atomic mass is 19.1. The van der Waals surface area contributed by atoms with Gasteiger partial charge in [0.15, 0.2) is 0 Å². The molecule has 0 unspecified atom stereocenters. The molecule has 0 spiro atoms. The first-order chi connectivity index (χ1) is 17.1. The van der Waals surface area contributed by atoms with Crippen molar-refractivity contribution in [1.29, 1.82) is 0 Å². The zero-order valence-corrected chi connectivity index (χ0v) is 22.2. The fourth-order valence-corrected chi connectivity index (χ4v) is 3.68. The normalized spacial score (nSPS) is 11.2. The Morgan fingerprint density at radius 2 is 1.61 bits per heavy atom. The second kappa shape index (κ2) is 14.1. The van der Waals surface area contributed by atoms with Crippen LogP contribution in [0.15, 0.2) is 65.8 Å². The molecule has 0 atom stereocenters. The molecule has 1 amide bonds. The third-order valence-electron chi connectivity index (χ3n) is 5.75. The number of halogens is 1. The number of carbonyl (C=O) groups excluding carboxylic acids is 1. The summed E-state index contributed by atoms with van der Waals surface area (Å²) < 4.78 is 13.0. The van der Waals surface area contributed by atoms with Gasteiger partial charge in [-0.2, -0.15) is 5.10 Å². The Balaban J connectivity index is 0.000000254. The lowest BCUT2D eigenvalue weighted by Gasteiger charge is -2.13. The molecule has 0 radical (unpaired) electrons. The SMILES string of the molecule is CC(=O)N/N=C(\C)c1cc(C(C)C)c(O)cc1C.CCc1ccc(CNCc2cccc(F)c2)cc1. The van der Waals surface area contributed by atoms with Crippen LogP contribution in [-0.4, -0.2) is 16.7 Å². The van der Waals surface area contributed by atoms with Crippen molar-refractivity contribution >= 4 is 11.6 Å². The van der Waals surface area contributed by atoms with E-state index in [9.17, 15) is 14.3 Å². The van der Waals surface area contributed by atoms with Gasteiger partial charge >= 0.3 is 0 Å². The Morgan fingerprint density at radius 3 is 2.19 bits per heavy atom. The summed E-state index contributed by atoms with van der Waals surface area (Å²) in [5.41, 5.74) is 9.48. The Morgan fingerprint density at radius 1 is 0.972 bits per heavy atom. The van der Waals surface area contributed by atoms with Crippen molar-refractivity contribution in [3.05, 3.63) is 99.9 Å². The molecule has 192 valence electrons. The van der Waals surface area contributed by atoms with E-state index in [2.05, 4.69) is 47.0 Å². The van der Waals surface area contributed by atoms with Gasteiger partial charge in [0.25, 0.3) is 0 Å². The van der Waals surface area contributed by atoms with E-state index in [4.69, 9.17) is 0 Å². The molecule has 0 aromatic heterocycles. The van der Waals surface area contributed by atoms with E-state index in [-0.39, 0.29) is 17.6 Å². The molecule has 0 saturated carbocycles. The highest BCUT2D eigenvalue weighted by Gasteiger charge is 2.11. The molecule has 0 heterocycles. The van der Waals surface area contributed by atoms with Crippen molar-refractivity contribution in [2.24, 2.45) is 5.10 Å². The monoisotopic (exact) mass is 491 g/mol. The van der Waals surface area contributed by atoms with E-state index in [1.54, 1.807) is 18.2 Å². The highest BCUT2D eigenvalue weighted by Crippen LogP contribution is 2.28. The van der Waals surface area contributed by atoms with E-state index in [1.807, 2.05) is 39.8 Å². The van der Waals surface area contributed by atoms with Crippen molar-refractivity contribution in [3.8, 4) is 5.75 Å². The second-order valence-electron chi connectivity index (χ2n) is 9.15. The lowest BCUT2D eigenvalue weighted by Crippen LogP contribution is -2.15. The zero-order chi connectivity index (χ0) is 26.7. The number of carbonyl (C=O) groups is 1. The van der Waals surface area contributed by atoms with Crippen LogP contribution in [0.25, 0.3) is 0 Å². The van der Waals surface area contributed by atoms with Gasteiger partial charge in [-0.1, -0.05) is 57.2 Å². The number of aromatic hydroxyl groups is 1. The Bertz CT molecular complexity index is 1170. The van der Waals surface area contributed by atoms with Gasteiger partial charge in [0.2, 0.25) is 5.91 Å². The average molecular weight is 492 g/mol. The summed E-state index contributed by atoms with van der Waals surface area (Å²) in [6.07, 6.45) is 1.07. The third kappa shape index (κ3) is 9.27. The van der Waals surface area contributed by atoms with Gasteiger partial charge < -0.3 is 10.4 Å². The van der Waals surface area contributed by atoms with E-state index in [0.717, 1.165) is 40.9 Å². The second-order valence-corrected chi connectivity index (χ2v) is 9.15. The first kappa shape index (κ1) is 28.7. The van der Waals surface area contributed by atoms with Gasteiger partial charge in [0.05, 0.1) is 5.71 Å². The minimum Gasteiger partial charge on any atom is -0.508 e. The van der Waals surface area contributed by atoms with Crippen LogP contribution in [0.4, 0.5) is 4.39 Å². The number of nitrogens with zero attached hydrogens (tertiary/aromatic N) is 1. The number of benzene rings is 3. The number of aryl methyl sites for hydroxylation is 2. The smallest absolute Gasteiger partial charge is 0.236 e. The molecule has 36 heavy (non-hydrogen) atoms. The topological polar surface area (TPSA) is 73.7 Å². The lowest BCUT2D eigenvalue weighted by molar-refractivity contribution is -0.118. The molecule has 0 bridgehead atoms. The predicted molar refractivity (Wildman–Crippen MR) is 146 cm³/mol. The minimum atomic E-state index is -0.199. The summed E-state index contributed by atoms with van der Waals surface area (Å²) in [6.45, 7) is 12.8. The van der Waals surface area contributed by atoms with E-state index in [0.29, 0.717) is 12.3 Å². The van der Waals surface area contributed by atoms with Crippen molar-refractivity contribution in [3.63, 3.8) is 0 Å². The van der Waals surface area contributed by atoms with Gasteiger partial charge in [-0.3, -0.25) is 4.79 Å². The Hall–Kier alpha value is -3.51. The van der Waals surface area contributed by atoms with Crippen LogP contribution in [0.2, 0.25) is 0 Å². The van der Waals surface area contributed by atoms with Crippen molar-refractivity contribution in [2.75, 3.05) is 0 Å². The Kier molecular flexibility index (Phi) is 11.3. The predicted octanol–water partition coefficient (Wildman–Crippen LogP) is 6.36. The number of hydrazone groups is 1. The fraction of sp³-hybridized carbons (Fsp3) is 0.333. The van der Waals surface area contributed by atoms with E-state index >= 15 is 0 Å². The average Bonchev–Trinajstić information content (AvgIpc) is 2.83. The number of amides is 1. The highest BCUT2D eigenvalue weighted by molar-refractivity contribution is 6.00. The van der Waals surface area contributed by atoms with Gasteiger partial charge in [0, 0.05) is 25.6 Å². The molecule has 0 aliphatic rings. The fourth-order valence-electron chi connectivity index (χ4n) is 3.68. The summed E-state index contributed by atoms with van der Waals surface area (Å²) in [7, 11) is 0. The van der Waals surface area contributed by atoms with E-state index < -0.39 is 0 Å². The maximum absolute atomic E-state index is 13.0. The van der Waals surface area contributed by atoms with Crippen molar-refractivity contribution < 1.29 is 14.3 Å². The Labute approximate surface area is 214 Å².